The minimum Gasteiger partial charge on any atom is -0.494 e. The quantitative estimate of drug-likeness (QED) is 0.567. The Hall–Kier alpha value is -2.78. The molecule has 0 radical (unpaired) electrons. The van der Waals surface area contributed by atoms with Gasteiger partial charge in [0.15, 0.2) is 0 Å². The standard InChI is InChI=1S/C22H24FN3O4S/c1-3-29-20-11-10-17(13-15(20)2)31(27,28)26-12-6-7-16(14-26)21-24-25-22(30-21)18-8-4-5-9-19(18)23/h4-5,8-11,13,16H,3,6-7,12,14H2,1-2H3/t16-/m0/s1. The number of nitrogens with zero attached hydrogens (tertiary/aromatic N) is 3. The molecule has 1 aliphatic heterocycles. The average molecular weight is 446 g/mol. The van der Waals surface area contributed by atoms with E-state index in [0.29, 0.717) is 37.6 Å². The molecule has 31 heavy (non-hydrogen) atoms. The van der Waals surface area contributed by atoms with Gasteiger partial charge < -0.3 is 9.15 Å². The highest BCUT2D eigenvalue weighted by molar-refractivity contribution is 7.89. The molecule has 0 spiro atoms. The lowest BCUT2D eigenvalue weighted by atomic mass is 10.00. The van der Waals surface area contributed by atoms with Crippen molar-refractivity contribution in [3.05, 3.63) is 59.7 Å². The van der Waals surface area contributed by atoms with Gasteiger partial charge in [-0.05, 0) is 62.6 Å². The van der Waals surface area contributed by atoms with Crippen molar-refractivity contribution < 1.29 is 22.0 Å². The van der Waals surface area contributed by atoms with Gasteiger partial charge in [0.2, 0.25) is 15.9 Å². The van der Waals surface area contributed by atoms with Gasteiger partial charge in [-0.25, -0.2) is 12.8 Å². The monoisotopic (exact) mass is 445 g/mol. The van der Waals surface area contributed by atoms with Gasteiger partial charge in [0.25, 0.3) is 5.89 Å². The van der Waals surface area contributed by atoms with Crippen LogP contribution in [0.2, 0.25) is 0 Å². The minimum atomic E-state index is -3.68. The molecule has 1 atom stereocenters. The fourth-order valence-electron chi connectivity index (χ4n) is 3.75. The first-order valence-electron chi connectivity index (χ1n) is 10.2. The fraction of sp³-hybridized carbons (Fsp3) is 0.364. The summed E-state index contributed by atoms with van der Waals surface area (Å²) < 4.78 is 53.1. The van der Waals surface area contributed by atoms with E-state index in [4.69, 9.17) is 9.15 Å². The lowest BCUT2D eigenvalue weighted by Crippen LogP contribution is -2.39. The first-order valence-corrected chi connectivity index (χ1v) is 11.7. The van der Waals surface area contributed by atoms with Crippen LogP contribution in [0.3, 0.4) is 0 Å². The lowest BCUT2D eigenvalue weighted by Gasteiger charge is -2.30. The number of ether oxygens (including phenoxy) is 1. The molecule has 164 valence electrons. The number of aryl methyl sites for hydroxylation is 1. The van der Waals surface area contributed by atoms with Crippen LogP contribution in [-0.4, -0.2) is 42.6 Å². The third-order valence-corrected chi connectivity index (χ3v) is 7.22. The SMILES string of the molecule is CCOc1ccc(S(=O)(=O)N2CCC[C@H](c3nnc(-c4ccccc4F)o3)C2)cc1C. The van der Waals surface area contributed by atoms with Crippen molar-refractivity contribution in [2.24, 2.45) is 0 Å². The number of sulfonamides is 1. The van der Waals surface area contributed by atoms with Crippen LogP contribution in [0.1, 0.15) is 37.1 Å². The molecule has 0 bridgehead atoms. The van der Waals surface area contributed by atoms with E-state index in [1.54, 1.807) is 36.4 Å². The smallest absolute Gasteiger partial charge is 0.250 e. The molecule has 7 nitrogen and oxygen atoms in total. The molecular formula is C22H24FN3O4S. The number of hydrogen-bond donors (Lipinski definition) is 0. The van der Waals surface area contributed by atoms with Crippen molar-refractivity contribution in [2.45, 2.75) is 37.5 Å². The number of halogens is 1. The zero-order chi connectivity index (χ0) is 22.0. The fourth-order valence-corrected chi connectivity index (χ4v) is 5.36. The van der Waals surface area contributed by atoms with Crippen LogP contribution in [0.25, 0.3) is 11.5 Å². The molecule has 2 aromatic carbocycles. The van der Waals surface area contributed by atoms with Crippen LogP contribution in [-0.2, 0) is 10.0 Å². The van der Waals surface area contributed by atoms with Crippen LogP contribution in [0.5, 0.6) is 5.75 Å². The molecule has 1 fully saturated rings. The Kier molecular flexibility index (Phi) is 6.06. The molecule has 0 unspecified atom stereocenters. The second kappa shape index (κ2) is 8.76. The molecule has 9 heteroatoms. The number of benzene rings is 2. The Morgan fingerprint density at radius 1 is 1.23 bits per heavy atom. The highest BCUT2D eigenvalue weighted by Crippen LogP contribution is 2.32. The number of piperidine rings is 1. The first-order chi connectivity index (χ1) is 14.9. The first kappa shape index (κ1) is 21.5. The van der Waals surface area contributed by atoms with E-state index >= 15 is 0 Å². The van der Waals surface area contributed by atoms with Gasteiger partial charge in [-0.15, -0.1) is 10.2 Å². The minimum absolute atomic E-state index is 0.0928. The Labute approximate surface area is 180 Å². The van der Waals surface area contributed by atoms with Crippen molar-refractivity contribution >= 4 is 10.0 Å². The van der Waals surface area contributed by atoms with Gasteiger partial charge >= 0.3 is 0 Å². The van der Waals surface area contributed by atoms with Crippen LogP contribution in [0, 0.1) is 12.7 Å². The second-order valence-electron chi connectivity index (χ2n) is 7.49. The van der Waals surface area contributed by atoms with Gasteiger partial charge in [0.05, 0.1) is 23.0 Å². The summed E-state index contributed by atoms with van der Waals surface area (Å²) in [5.74, 6) is 0.387. The molecule has 0 N–H and O–H groups in total. The van der Waals surface area contributed by atoms with Crippen LogP contribution >= 0.6 is 0 Å². The van der Waals surface area contributed by atoms with Gasteiger partial charge in [0.1, 0.15) is 11.6 Å². The van der Waals surface area contributed by atoms with Gasteiger partial charge in [-0.3, -0.25) is 0 Å². The summed E-state index contributed by atoms with van der Waals surface area (Å²) in [5, 5.41) is 8.04. The van der Waals surface area contributed by atoms with E-state index in [-0.39, 0.29) is 28.8 Å². The zero-order valence-electron chi connectivity index (χ0n) is 17.4. The Balaban J connectivity index is 1.55. The summed E-state index contributed by atoms with van der Waals surface area (Å²) in [4.78, 5) is 0.228. The van der Waals surface area contributed by atoms with Gasteiger partial charge in [-0.2, -0.15) is 4.31 Å². The van der Waals surface area contributed by atoms with Crippen LogP contribution in [0.4, 0.5) is 4.39 Å². The van der Waals surface area contributed by atoms with E-state index in [0.717, 1.165) is 5.56 Å². The molecule has 4 rings (SSSR count). The summed E-state index contributed by atoms with van der Waals surface area (Å²) in [6.07, 6.45) is 1.38. The number of hydrogen-bond acceptors (Lipinski definition) is 6. The molecule has 2 heterocycles. The summed E-state index contributed by atoms with van der Waals surface area (Å²) >= 11 is 0. The Morgan fingerprint density at radius 3 is 2.77 bits per heavy atom. The molecular weight excluding hydrogens is 421 g/mol. The van der Waals surface area contributed by atoms with Crippen molar-refractivity contribution in [2.75, 3.05) is 19.7 Å². The highest BCUT2D eigenvalue weighted by Gasteiger charge is 2.33. The zero-order valence-corrected chi connectivity index (χ0v) is 18.2. The van der Waals surface area contributed by atoms with Crippen molar-refractivity contribution in [3.8, 4) is 17.2 Å². The molecule has 1 aromatic heterocycles. The third-order valence-electron chi connectivity index (χ3n) is 5.36. The predicted octanol–water partition coefficient (Wildman–Crippen LogP) is 4.15. The molecule has 0 saturated carbocycles. The summed E-state index contributed by atoms with van der Waals surface area (Å²) in [6.45, 7) is 4.87. The summed E-state index contributed by atoms with van der Waals surface area (Å²) in [5.41, 5.74) is 0.995. The topological polar surface area (TPSA) is 85.5 Å². The largest absolute Gasteiger partial charge is 0.494 e. The van der Waals surface area contributed by atoms with Gasteiger partial charge in [0, 0.05) is 13.1 Å². The van der Waals surface area contributed by atoms with Crippen LogP contribution in [0.15, 0.2) is 51.8 Å². The maximum absolute atomic E-state index is 14.0. The van der Waals surface area contributed by atoms with E-state index in [1.165, 1.54) is 10.4 Å². The maximum atomic E-state index is 14.0. The second-order valence-corrected chi connectivity index (χ2v) is 9.43. The number of aromatic nitrogens is 2. The van der Waals surface area contributed by atoms with Crippen LogP contribution < -0.4 is 4.74 Å². The van der Waals surface area contributed by atoms with Crippen molar-refractivity contribution in [1.82, 2.24) is 14.5 Å². The molecule has 0 amide bonds. The molecule has 3 aromatic rings. The van der Waals surface area contributed by atoms with E-state index in [2.05, 4.69) is 10.2 Å². The van der Waals surface area contributed by atoms with Crippen molar-refractivity contribution in [1.29, 1.82) is 0 Å². The average Bonchev–Trinajstić information content (AvgIpc) is 3.26. The van der Waals surface area contributed by atoms with Gasteiger partial charge in [-0.1, -0.05) is 12.1 Å². The Morgan fingerprint density at radius 2 is 2.03 bits per heavy atom. The number of rotatable bonds is 6. The van der Waals surface area contributed by atoms with E-state index in [1.807, 2.05) is 13.8 Å². The van der Waals surface area contributed by atoms with Crippen molar-refractivity contribution in [3.63, 3.8) is 0 Å². The van der Waals surface area contributed by atoms with E-state index < -0.39 is 15.8 Å². The summed E-state index contributed by atoms with van der Waals surface area (Å²) in [6, 6.07) is 11.1. The molecule has 0 aliphatic carbocycles. The predicted molar refractivity (Wildman–Crippen MR) is 113 cm³/mol. The third kappa shape index (κ3) is 4.33. The lowest BCUT2D eigenvalue weighted by molar-refractivity contribution is 0.286. The molecule has 1 saturated heterocycles. The highest BCUT2D eigenvalue weighted by atomic mass is 32.2. The van der Waals surface area contributed by atoms with E-state index in [9.17, 15) is 12.8 Å². The molecule has 1 aliphatic rings. The summed E-state index contributed by atoms with van der Waals surface area (Å²) in [7, 11) is -3.68. The maximum Gasteiger partial charge on any atom is 0.250 e. The normalized spacial score (nSPS) is 17.6. The Bertz CT molecular complexity index is 1180.